The zero-order valence-corrected chi connectivity index (χ0v) is 15.8. The van der Waals surface area contributed by atoms with E-state index in [0.29, 0.717) is 11.3 Å². The van der Waals surface area contributed by atoms with Crippen molar-refractivity contribution in [3.05, 3.63) is 100 Å². The molecule has 0 saturated carbocycles. The number of nitro groups is 1. The van der Waals surface area contributed by atoms with Gasteiger partial charge in [-0.05, 0) is 42.0 Å². The number of nitrogens with one attached hydrogen (secondary N) is 2. The van der Waals surface area contributed by atoms with Crippen molar-refractivity contribution in [3.63, 3.8) is 0 Å². The number of hydrogen-bond acceptors (Lipinski definition) is 5. The Morgan fingerprint density at radius 1 is 0.933 bits per heavy atom. The number of carbonyl (C=O) groups excluding carboxylic acids is 2. The average molecular weight is 405 g/mol. The molecule has 0 saturated heterocycles. The van der Waals surface area contributed by atoms with Crippen molar-refractivity contribution in [2.24, 2.45) is 0 Å². The molecule has 1 atom stereocenters. The van der Waals surface area contributed by atoms with Crippen molar-refractivity contribution in [2.45, 2.75) is 12.5 Å². The van der Waals surface area contributed by atoms with Crippen LogP contribution in [0.3, 0.4) is 0 Å². The van der Waals surface area contributed by atoms with Crippen LogP contribution in [-0.4, -0.2) is 27.9 Å². The number of benzene rings is 3. The first-order valence-corrected chi connectivity index (χ1v) is 9.11. The molecule has 0 spiro atoms. The SMILES string of the molecule is O=C(N[C@@H](Cc1ccc(O)cc1)C(=O)Nc1ccc([N+](=O)[O-])cc1)c1ccccc1. The summed E-state index contributed by atoms with van der Waals surface area (Å²) >= 11 is 0. The Kier molecular flexibility index (Phi) is 6.39. The Bertz CT molecular complexity index is 1030. The van der Waals surface area contributed by atoms with Gasteiger partial charge in [0.15, 0.2) is 0 Å². The lowest BCUT2D eigenvalue weighted by Gasteiger charge is -2.19. The van der Waals surface area contributed by atoms with Crippen molar-refractivity contribution in [2.75, 3.05) is 5.32 Å². The highest BCUT2D eigenvalue weighted by Gasteiger charge is 2.22. The van der Waals surface area contributed by atoms with Gasteiger partial charge in [0.05, 0.1) is 4.92 Å². The Hall–Kier alpha value is -4.20. The first kappa shape index (κ1) is 20.5. The molecule has 0 heterocycles. The molecule has 3 aromatic rings. The van der Waals surface area contributed by atoms with Gasteiger partial charge in [-0.1, -0.05) is 30.3 Å². The van der Waals surface area contributed by atoms with Gasteiger partial charge >= 0.3 is 0 Å². The second kappa shape index (κ2) is 9.33. The van der Waals surface area contributed by atoms with Crippen molar-refractivity contribution in [1.82, 2.24) is 5.32 Å². The van der Waals surface area contributed by atoms with Crippen LogP contribution in [0.5, 0.6) is 5.75 Å². The maximum atomic E-state index is 12.9. The smallest absolute Gasteiger partial charge is 0.269 e. The average Bonchev–Trinajstić information content (AvgIpc) is 2.75. The summed E-state index contributed by atoms with van der Waals surface area (Å²) < 4.78 is 0. The lowest BCUT2D eigenvalue weighted by molar-refractivity contribution is -0.384. The molecule has 0 aliphatic rings. The van der Waals surface area contributed by atoms with Gasteiger partial charge in [0, 0.05) is 29.8 Å². The summed E-state index contributed by atoms with van der Waals surface area (Å²) in [4.78, 5) is 35.7. The summed E-state index contributed by atoms with van der Waals surface area (Å²) in [6.07, 6.45) is 0.192. The number of amides is 2. The number of carbonyl (C=O) groups is 2. The van der Waals surface area contributed by atoms with E-state index in [2.05, 4.69) is 10.6 Å². The van der Waals surface area contributed by atoms with Gasteiger partial charge in [0.1, 0.15) is 11.8 Å². The third kappa shape index (κ3) is 5.41. The summed E-state index contributed by atoms with van der Waals surface area (Å²) in [5.74, 6) is -0.779. The molecule has 0 aliphatic heterocycles. The third-order valence-electron chi connectivity index (χ3n) is 4.38. The number of nitrogens with zero attached hydrogens (tertiary/aromatic N) is 1. The Morgan fingerprint density at radius 3 is 2.17 bits per heavy atom. The lowest BCUT2D eigenvalue weighted by atomic mass is 10.0. The third-order valence-corrected chi connectivity index (χ3v) is 4.38. The Morgan fingerprint density at radius 2 is 1.57 bits per heavy atom. The number of phenolic OH excluding ortho intramolecular Hbond substituents is 1. The van der Waals surface area contributed by atoms with Crippen molar-refractivity contribution < 1.29 is 19.6 Å². The van der Waals surface area contributed by atoms with Gasteiger partial charge in [0.2, 0.25) is 5.91 Å². The first-order valence-electron chi connectivity index (χ1n) is 9.11. The van der Waals surface area contributed by atoms with Crippen LogP contribution in [0.25, 0.3) is 0 Å². The topological polar surface area (TPSA) is 122 Å². The molecule has 30 heavy (non-hydrogen) atoms. The maximum absolute atomic E-state index is 12.9. The molecule has 8 heteroatoms. The van der Waals surface area contributed by atoms with Crippen molar-refractivity contribution in [1.29, 1.82) is 0 Å². The zero-order chi connectivity index (χ0) is 21.5. The van der Waals surface area contributed by atoms with E-state index < -0.39 is 22.8 Å². The Labute approximate surface area is 172 Å². The monoisotopic (exact) mass is 405 g/mol. The summed E-state index contributed by atoms with van der Waals surface area (Å²) in [6.45, 7) is 0. The molecule has 0 aliphatic carbocycles. The number of nitro benzene ring substituents is 1. The van der Waals surface area contributed by atoms with E-state index in [1.807, 2.05) is 0 Å². The van der Waals surface area contributed by atoms with E-state index >= 15 is 0 Å². The molecule has 8 nitrogen and oxygen atoms in total. The van der Waals surface area contributed by atoms with E-state index in [-0.39, 0.29) is 17.9 Å². The normalized spacial score (nSPS) is 11.3. The number of phenols is 1. The quantitative estimate of drug-likeness (QED) is 0.411. The molecule has 3 rings (SSSR count). The molecule has 2 amide bonds. The summed E-state index contributed by atoms with van der Waals surface area (Å²) in [5.41, 5.74) is 1.43. The summed E-state index contributed by atoms with van der Waals surface area (Å²) in [6, 6.07) is 19.3. The minimum absolute atomic E-state index is 0.0916. The molecule has 0 aromatic heterocycles. The van der Waals surface area contributed by atoms with E-state index in [9.17, 15) is 24.8 Å². The van der Waals surface area contributed by atoms with Crippen molar-refractivity contribution >= 4 is 23.2 Å². The van der Waals surface area contributed by atoms with E-state index in [4.69, 9.17) is 0 Å². The van der Waals surface area contributed by atoms with Gasteiger partial charge < -0.3 is 15.7 Å². The fraction of sp³-hybridized carbons (Fsp3) is 0.0909. The minimum atomic E-state index is -0.905. The predicted octanol–water partition coefficient (Wildman–Crippen LogP) is 3.28. The van der Waals surface area contributed by atoms with Crippen LogP contribution >= 0.6 is 0 Å². The van der Waals surface area contributed by atoms with Crippen LogP contribution in [0.4, 0.5) is 11.4 Å². The molecule has 152 valence electrons. The van der Waals surface area contributed by atoms with Crippen LogP contribution in [0.2, 0.25) is 0 Å². The molecule has 0 radical (unpaired) electrons. The van der Waals surface area contributed by atoms with Gasteiger partial charge in [-0.2, -0.15) is 0 Å². The van der Waals surface area contributed by atoms with E-state index in [1.54, 1.807) is 42.5 Å². The van der Waals surface area contributed by atoms with E-state index in [1.165, 1.54) is 36.4 Å². The number of rotatable bonds is 7. The second-order valence-corrected chi connectivity index (χ2v) is 6.56. The zero-order valence-electron chi connectivity index (χ0n) is 15.8. The maximum Gasteiger partial charge on any atom is 0.269 e. The Balaban J connectivity index is 1.78. The highest BCUT2D eigenvalue weighted by Crippen LogP contribution is 2.17. The lowest BCUT2D eigenvalue weighted by Crippen LogP contribution is -2.45. The van der Waals surface area contributed by atoms with Gasteiger partial charge in [0.25, 0.3) is 11.6 Å². The van der Waals surface area contributed by atoms with Crippen LogP contribution in [0.15, 0.2) is 78.9 Å². The number of aromatic hydroxyl groups is 1. The highest BCUT2D eigenvalue weighted by atomic mass is 16.6. The van der Waals surface area contributed by atoms with Gasteiger partial charge in [-0.3, -0.25) is 19.7 Å². The number of hydrogen-bond donors (Lipinski definition) is 3. The molecule has 3 aromatic carbocycles. The fourth-order valence-corrected chi connectivity index (χ4v) is 2.80. The van der Waals surface area contributed by atoms with Crippen LogP contribution < -0.4 is 10.6 Å². The van der Waals surface area contributed by atoms with E-state index in [0.717, 1.165) is 5.56 Å². The summed E-state index contributed by atoms with van der Waals surface area (Å²) in [7, 11) is 0. The van der Waals surface area contributed by atoms with Gasteiger partial charge in [-0.15, -0.1) is 0 Å². The predicted molar refractivity (Wildman–Crippen MR) is 111 cm³/mol. The minimum Gasteiger partial charge on any atom is -0.508 e. The largest absolute Gasteiger partial charge is 0.508 e. The van der Waals surface area contributed by atoms with Crippen LogP contribution in [0.1, 0.15) is 15.9 Å². The number of anilines is 1. The molecular formula is C22H19N3O5. The van der Waals surface area contributed by atoms with Crippen LogP contribution in [0, 0.1) is 10.1 Å². The van der Waals surface area contributed by atoms with Gasteiger partial charge in [-0.25, -0.2) is 0 Å². The molecule has 0 fully saturated rings. The molecule has 0 bridgehead atoms. The summed E-state index contributed by atoms with van der Waals surface area (Å²) in [5, 5.41) is 25.6. The van der Waals surface area contributed by atoms with Crippen LogP contribution in [-0.2, 0) is 11.2 Å². The molecule has 3 N–H and O–H groups in total. The molecule has 0 unspecified atom stereocenters. The molecular weight excluding hydrogens is 386 g/mol. The highest BCUT2D eigenvalue weighted by molar-refractivity contribution is 6.01. The second-order valence-electron chi connectivity index (χ2n) is 6.56. The van der Waals surface area contributed by atoms with Crippen molar-refractivity contribution in [3.8, 4) is 5.75 Å². The number of non-ortho nitro benzene ring substituents is 1. The fourth-order valence-electron chi connectivity index (χ4n) is 2.80. The standard InChI is InChI=1S/C22H19N3O5/c26-19-12-6-15(7-13-19)14-20(24-21(27)16-4-2-1-3-5-16)22(28)23-17-8-10-18(11-9-17)25(29)30/h1-13,20,26H,14H2,(H,23,28)(H,24,27)/t20-/m0/s1. The first-order chi connectivity index (χ1) is 14.4.